The molecule has 0 aromatic rings. The summed E-state index contributed by atoms with van der Waals surface area (Å²) in [7, 11) is 3.25. The molecule has 0 atom stereocenters. The molecule has 0 aliphatic rings. The van der Waals surface area contributed by atoms with Crippen LogP contribution >= 0.6 is 0 Å². The number of hydrogen-bond acceptors (Lipinski definition) is 4. The molecule has 0 rings (SSSR count). The molecule has 0 aliphatic carbocycles. The summed E-state index contributed by atoms with van der Waals surface area (Å²) in [4.78, 5) is 0. The number of methoxy groups -OCH3 is 1. The van der Waals surface area contributed by atoms with Gasteiger partial charge in [-0.15, -0.1) is 0 Å². The molecule has 0 aromatic carbocycles. The van der Waals surface area contributed by atoms with E-state index in [1.165, 1.54) is 0 Å². The molecule has 1 N–H and O–H groups in total. The summed E-state index contributed by atoms with van der Waals surface area (Å²) in [5.41, 5.74) is 0. The molecule has 0 saturated heterocycles. The van der Waals surface area contributed by atoms with Crippen LogP contribution in [0.2, 0.25) is 0 Å². The second-order valence-electron chi connectivity index (χ2n) is 2.71. The van der Waals surface area contributed by atoms with Gasteiger partial charge < -0.3 is 19.3 Å². The van der Waals surface area contributed by atoms with Gasteiger partial charge in [0.15, 0.2) is 0 Å². The van der Waals surface area contributed by atoms with E-state index in [2.05, 4.69) is 11.7 Å². The summed E-state index contributed by atoms with van der Waals surface area (Å²) in [6, 6.07) is 0. The Labute approximate surface area is 87.2 Å². The predicted octanol–water partition coefficient (Wildman–Crippen LogP) is 1.07. The van der Waals surface area contributed by atoms with Crippen molar-refractivity contribution in [2.24, 2.45) is 0 Å². The minimum atomic E-state index is 0.0922. The molecule has 0 aliphatic heterocycles. The van der Waals surface area contributed by atoms with Crippen LogP contribution < -0.4 is 0 Å². The summed E-state index contributed by atoms with van der Waals surface area (Å²) in [5.74, 6) is 0. The van der Waals surface area contributed by atoms with Gasteiger partial charge in [-0.3, -0.25) is 0 Å². The first-order valence-electron chi connectivity index (χ1n) is 4.99. The van der Waals surface area contributed by atoms with Crippen molar-refractivity contribution in [2.45, 2.75) is 19.8 Å². The SMILES string of the molecule is CCCCOCCOCCO.COC. The Bertz CT molecular complexity index is 70.5. The lowest BCUT2D eigenvalue weighted by Gasteiger charge is -2.02. The standard InChI is InChI=1S/C8H18O3.C2H6O/c1-2-3-5-10-7-8-11-6-4-9;1-3-2/h9H,2-8H2,1H3;1-2H3. The van der Waals surface area contributed by atoms with Gasteiger partial charge in [-0.2, -0.15) is 0 Å². The Hall–Kier alpha value is -0.160. The highest BCUT2D eigenvalue weighted by Crippen LogP contribution is 1.87. The molecule has 0 heterocycles. The van der Waals surface area contributed by atoms with E-state index in [0.29, 0.717) is 19.8 Å². The van der Waals surface area contributed by atoms with Gasteiger partial charge in [0.1, 0.15) is 0 Å². The van der Waals surface area contributed by atoms with Gasteiger partial charge in [-0.05, 0) is 6.42 Å². The van der Waals surface area contributed by atoms with Gasteiger partial charge in [-0.25, -0.2) is 0 Å². The molecule has 4 heteroatoms. The number of ether oxygens (including phenoxy) is 3. The highest BCUT2D eigenvalue weighted by molar-refractivity contribution is 4.33. The second-order valence-corrected chi connectivity index (χ2v) is 2.71. The predicted molar refractivity (Wildman–Crippen MR) is 56.6 cm³/mol. The van der Waals surface area contributed by atoms with E-state index < -0.39 is 0 Å². The van der Waals surface area contributed by atoms with Crippen molar-refractivity contribution in [3.05, 3.63) is 0 Å². The van der Waals surface area contributed by atoms with Crippen LogP contribution in [0.4, 0.5) is 0 Å². The topological polar surface area (TPSA) is 47.9 Å². The smallest absolute Gasteiger partial charge is 0.0701 e. The third-order valence-corrected chi connectivity index (χ3v) is 1.25. The van der Waals surface area contributed by atoms with E-state index in [0.717, 1.165) is 19.4 Å². The van der Waals surface area contributed by atoms with Crippen LogP contribution in [0.25, 0.3) is 0 Å². The fourth-order valence-electron chi connectivity index (χ4n) is 0.633. The maximum Gasteiger partial charge on any atom is 0.0701 e. The maximum atomic E-state index is 8.34. The summed E-state index contributed by atoms with van der Waals surface area (Å²) < 4.78 is 14.5. The number of hydrogen-bond donors (Lipinski definition) is 1. The van der Waals surface area contributed by atoms with Crippen LogP contribution in [0, 0.1) is 0 Å². The summed E-state index contributed by atoms with van der Waals surface area (Å²) >= 11 is 0. The van der Waals surface area contributed by atoms with E-state index in [1.54, 1.807) is 14.2 Å². The van der Waals surface area contributed by atoms with Crippen molar-refractivity contribution in [1.29, 1.82) is 0 Å². The highest BCUT2D eigenvalue weighted by atomic mass is 16.5. The van der Waals surface area contributed by atoms with E-state index in [1.807, 2.05) is 0 Å². The van der Waals surface area contributed by atoms with Gasteiger partial charge in [-0.1, -0.05) is 13.3 Å². The molecule has 0 spiro atoms. The molecule has 0 saturated carbocycles. The third-order valence-electron chi connectivity index (χ3n) is 1.25. The Balaban J connectivity index is 0. The first kappa shape index (κ1) is 16.3. The molecular formula is C10H24O4. The molecule has 4 nitrogen and oxygen atoms in total. The van der Waals surface area contributed by atoms with Crippen molar-refractivity contribution in [1.82, 2.24) is 0 Å². The Morgan fingerprint density at radius 1 is 0.929 bits per heavy atom. The first-order chi connectivity index (χ1) is 6.83. The van der Waals surface area contributed by atoms with Crippen LogP contribution in [0.1, 0.15) is 19.8 Å². The molecule has 0 amide bonds. The average Bonchev–Trinajstić information content (AvgIpc) is 2.18. The lowest BCUT2D eigenvalue weighted by Crippen LogP contribution is -2.07. The minimum absolute atomic E-state index is 0.0922. The lowest BCUT2D eigenvalue weighted by molar-refractivity contribution is 0.0324. The van der Waals surface area contributed by atoms with Gasteiger partial charge in [0.2, 0.25) is 0 Å². The number of aliphatic hydroxyl groups is 1. The monoisotopic (exact) mass is 208 g/mol. The zero-order valence-electron chi connectivity index (χ0n) is 9.62. The molecule has 0 radical (unpaired) electrons. The van der Waals surface area contributed by atoms with E-state index >= 15 is 0 Å². The zero-order chi connectivity index (χ0) is 11.1. The van der Waals surface area contributed by atoms with Crippen molar-refractivity contribution < 1.29 is 19.3 Å². The molecule has 0 unspecified atom stereocenters. The van der Waals surface area contributed by atoms with Crippen LogP contribution in [0.3, 0.4) is 0 Å². The fraction of sp³-hybridized carbons (Fsp3) is 1.00. The Kier molecular flexibility index (Phi) is 21.6. The highest BCUT2D eigenvalue weighted by Gasteiger charge is 1.87. The van der Waals surface area contributed by atoms with Crippen LogP contribution in [0.5, 0.6) is 0 Å². The average molecular weight is 208 g/mol. The molecule has 14 heavy (non-hydrogen) atoms. The van der Waals surface area contributed by atoms with E-state index in [-0.39, 0.29) is 6.61 Å². The summed E-state index contributed by atoms with van der Waals surface area (Å²) in [6.07, 6.45) is 2.28. The van der Waals surface area contributed by atoms with E-state index in [9.17, 15) is 0 Å². The van der Waals surface area contributed by atoms with Crippen LogP contribution in [0.15, 0.2) is 0 Å². The summed E-state index contributed by atoms with van der Waals surface area (Å²) in [6.45, 7) is 4.68. The number of aliphatic hydroxyl groups excluding tert-OH is 1. The van der Waals surface area contributed by atoms with Gasteiger partial charge in [0, 0.05) is 20.8 Å². The Morgan fingerprint density at radius 3 is 1.86 bits per heavy atom. The van der Waals surface area contributed by atoms with E-state index in [4.69, 9.17) is 14.6 Å². The maximum absolute atomic E-state index is 8.34. The molecule has 0 bridgehead atoms. The third kappa shape index (κ3) is 22.6. The number of rotatable bonds is 8. The first-order valence-corrected chi connectivity index (χ1v) is 4.99. The van der Waals surface area contributed by atoms with Gasteiger partial charge >= 0.3 is 0 Å². The second kappa shape index (κ2) is 18.6. The van der Waals surface area contributed by atoms with Gasteiger partial charge in [0.05, 0.1) is 26.4 Å². The van der Waals surface area contributed by atoms with Crippen molar-refractivity contribution in [2.75, 3.05) is 47.3 Å². The van der Waals surface area contributed by atoms with Crippen molar-refractivity contribution in [3.8, 4) is 0 Å². The molecule has 0 aromatic heterocycles. The normalized spacial score (nSPS) is 9.43. The summed E-state index contributed by atoms with van der Waals surface area (Å²) in [5, 5.41) is 8.34. The van der Waals surface area contributed by atoms with Crippen molar-refractivity contribution in [3.63, 3.8) is 0 Å². The fourth-order valence-corrected chi connectivity index (χ4v) is 0.633. The van der Waals surface area contributed by atoms with Gasteiger partial charge in [0.25, 0.3) is 0 Å². The molecular weight excluding hydrogens is 184 g/mol. The lowest BCUT2D eigenvalue weighted by atomic mass is 10.4. The van der Waals surface area contributed by atoms with Crippen molar-refractivity contribution >= 4 is 0 Å². The quantitative estimate of drug-likeness (QED) is 0.606. The zero-order valence-corrected chi connectivity index (χ0v) is 9.62. The molecule has 88 valence electrons. The molecule has 0 fully saturated rings. The number of unbranched alkanes of at least 4 members (excludes halogenated alkanes) is 1. The largest absolute Gasteiger partial charge is 0.394 e. The van der Waals surface area contributed by atoms with Crippen LogP contribution in [-0.2, 0) is 14.2 Å². The minimum Gasteiger partial charge on any atom is -0.394 e. The Morgan fingerprint density at radius 2 is 1.43 bits per heavy atom. The van der Waals surface area contributed by atoms with Crippen LogP contribution in [-0.4, -0.2) is 52.4 Å².